The highest BCUT2D eigenvalue weighted by molar-refractivity contribution is 5.97. The van der Waals surface area contributed by atoms with Crippen molar-refractivity contribution in [1.29, 1.82) is 0 Å². The van der Waals surface area contributed by atoms with E-state index in [0.717, 1.165) is 16.3 Å². The number of nitrogens with two attached hydrogens (primary N) is 6. The largest absolute Gasteiger partial charge is 0.391 e. The number of rotatable bonds is 4. The van der Waals surface area contributed by atoms with Gasteiger partial charge in [0.1, 0.15) is 0 Å². The molecule has 154 valence electrons. The molecular weight excluding hydrogens is 370 g/mol. The van der Waals surface area contributed by atoms with Gasteiger partial charge in [-0.25, -0.2) is 15.0 Å². The second-order valence-corrected chi connectivity index (χ2v) is 7.14. The fourth-order valence-corrected chi connectivity index (χ4v) is 4.01. The minimum atomic E-state index is -0.733. The zero-order valence-corrected chi connectivity index (χ0v) is 15.9. The first-order chi connectivity index (χ1) is 13.8. The third kappa shape index (κ3) is 4.49. The molecule has 1 saturated carbocycles. The first kappa shape index (κ1) is 20.2. The zero-order chi connectivity index (χ0) is 21.1. The summed E-state index contributed by atoms with van der Waals surface area (Å²) in [5, 5.41) is 12.5. The van der Waals surface area contributed by atoms with Crippen LogP contribution in [0.2, 0.25) is 0 Å². The number of aliphatic hydroxyl groups is 1. The molecule has 0 saturated heterocycles. The van der Waals surface area contributed by atoms with Crippen molar-refractivity contribution in [1.82, 2.24) is 0 Å². The Morgan fingerprint density at radius 2 is 1.38 bits per heavy atom. The number of aliphatic hydroxyl groups excluding tert-OH is 1. The summed E-state index contributed by atoms with van der Waals surface area (Å²) in [4.78, 5) is 12.8. The lowest BCUT2D eigenvalue weighted by Crippen LogP contribution is -2.42. The third-order valence-electron chi connectivity index (χ3n) is 5.10. The topological polar surface area (TPSA) is 213 Å². The molecule has 13 N–H and O–H groups in total. The maximum Gasteiger partial charge on any atom is 0.191 e. The quantitative estimate of drug-likeness (QED) is 0.259. The maximum absolute atomic E-state index is 10.7. The molecule has 10 nitrogen and oxygen atoms in total. The predicted octanol–water partition coefficient (Wildman–Crippen LogP) is -0.733. The fraction of sp³-hybridized carbons (Fsp3) is 0.316. The van der Waals surface area contributed by atoms with Crippen molar-refractivity contribution >= 4 is 34.3 Å². The van der Waals surface area contributed by atoms with Crippen molar-refractivity contribution < 1.29 is 5.11 Å². The van der Waals surface area contributed by atoms with Crippen LogP contribution in [0.1, 0.15) is 24.3 Å². The van der Waals surface area contributed by atoms with Gasteiger partial charge >= 0.3 is 0 Å². The summed E-state index contributed by atoms with van der Waals surface area (Å²) in [7, 11) is 0. The maximum atomic E-state index is 10.7. The molecule has 2 aromatic carbocycles. The van der Waals surface area contributed by atoms with Crippen LogP contribution in [0.5, 0.6) is 0 Å². The van der Waals surface area contributed by atoms with Gasteiger partial charge in [-0.2, -0.15) is 0 Å². The van der Waals surface area contributed by atoms with Gasteiger partial charge in [0, 0.05) is 11.3 Å². The molecule has 0 aliphatic heterocycles. The van der Waals surface area contributed by atoms with Crippen LogP contribution in [0.15, 0.2) is 51.4 Å². The van der Waals surface area contributed by atoms with Crippen molar-refractivity contribution in [2.75, 3.05) is 0 Å². The van der Waals surface area contributed by atoms with Crippen LogP contribution in [0, 0.1) is 0 Å². The van der Waals surface area contributed by atoms with E-state index >= 15 is 0 Å². The Morgan fingerprint density at radius 1 is 0.759 bits per heavy atom. The van der Waals surface area contributed by atoms with Crippen LogP contribution in [0.4, 0.5) is 5.69 Å². The first-order valence-corrected chi connectivity index (χ1v) is 9.23. The molecule has 0 amide bonds. The molecule has 0 aromatic heterocycles. The average Bonchev–Trinajstić information content (AvgIpc) is 2.63. The summed E-state index contributed by atoms with van der Waals surface area (Å²) in [5.74, 6) is -0.269. The molecule has 2 aromatic rings. The highest BCUT2D eigenvalue weighted by Crippen LogP contribution is 2.41. The van der Waals surface area contributed by atoms with Gasteiger partial charge in [-0.05, 0) is 29.9 Å². The number of guanidine groups is 3. The molecule has 1 aliphatic rings. The Morgan fingerprint density at radius 3 is 2.00 bits per heavy atom. The number of hydrogen-bond donors (Lipinski definition) is 7. The van der Waals surface area contributed by atoms with E-state index in [1.54, 1.807) is 0 Å². The number of aliphatic imine (C=N–C) groups is 3. The average molecular weight is 397 g/mol. The summed E-state index contributed by atoms with van der Waals surface area (Å²) in [5.41, 5.74) is 35.1. The van der Waals surface area contributed by atoms with Crippen molar-refractivity contribution in [3.05, 3.63) is 42.0 Å². The Bertz CT molecular complexity index is 973. The van der Waals surface area contributed by atoms with Gasteiger partial charge in [-0.3, -0.25) is 0 Å². The van der Waals surface area contributed by atoms with E-state index in [1.807, 2.05) is 36.4 Å². The molecule has 0 unspecified atom stereocenters. The molecule has 4 atom stereocenters. The minimum absolute atomic E-state index is 0.0190. The molecule has 3 rings (SSSR count). The van der Waals surface area contributed by atoms with Gasteiger partial charge in [-0.1, -0.05) is 30.3 Å². The molecular formula is C19H27N9O. The summed E-state index contributed by atoms with van der Waals surface area (Å²) < 4.78 is 0. The van der Waals surface area contributed by atoms with Crippen molar-refractivity contribution in [2.24, 2.45) is 49.4 Å². The van der Waals surface area contributed by atoms with E-state index in [9.17, 15) is 5.11 Å². The van der Waals surface area contributed by atoms with Gasteiger partial charge in [0.2, 0.25) is 0 Å². The SMILES string of the molecule is NC(N)=Nc1ccc([C@H]2C[C@@H](O)[C@H](N=C(N)N)C[C@@H]2N=C(N)N)c2ccccc12. The number of nitrogens with zero attached hydrogens (tertiary/aromatic N) is 3. The Kier molecular flexibility index (Phi) is 5.74. The normalized spacial score (nSPS) is 23.9. The van der Waals surface area contributed by atoms with Crippen molar-refractivity contribution in [3.63, 3.8) is 0 Å². The van der Waals surface area contributed by atoms with Crippen molar-refractivity contribution in [2.45, 2.75) is 36.9 Å². The molecule has 0 heterocycles. The highest BCUT2D eigenvalue weighted by atomic mass is 16.3. The number of hydrogen-bond acceptors (Lipinski definition) is 4. The van der Waals surface area contributed by atoms with Crippen LogP contribution < -0.4 is 34.4 Å². The van der Waals surface area contributed by atoms with Crippen LogP contribution in [-0.4, -0.2) is 41.2 Å². The summed E-state index contributed by atoms with van der Waals surface area (Å²) in [6, 6.07) is 10.8. The molecule has 29 heavy (non-hydrogen) atoms. The fourth-order valence-electron chi connectivity index (χ4n) is 4.01. The van der Waals surface area contributed by atoms with Gasteiger partial charge in [-0.15, -0.1) is 0 Å². The van der Waals surface area contributed by atoms with Gasteiger partial charge in [0.05, 0.1) is 23.9 Å². The number of fused-ring (bicyclic) bond motifs is 1. The van der Waals surface area contributed by atoms with Gasteiger partial charge < -0.3 is 39.5 Å². The molecule has 0 bridgehead atoms. The molecule has 0 radical (unpaired) electrons. The zero-order valence-electron chi connectivity index (χ0n) is 15.9. The highest BCUT2D eigenvalue weighted by Gasteiger charge is 2.38. The number of benzene rings is 2. The van der Waals surface area contributed by atoms with E-state index in [1.165, 1.54) is 0 Å². The molecule has 1 aliphatic carbocycles. The van der Waals surface area contributed by atoms with Crippen LogP contribution in [0.25, 0.3) is 10.8 Å². The van der Waals surface area contributed by atoms with Crippen LogP contribution in [0.3, 0.4) is 0 Å². The lowest BCUT2D eigenvalue weighted by molar-refractivity contribution is 0.0913. The van der Waals surface area contributed by atoms with E-state index in [4.69, 9.17) is 34.4 Å². The van der Waals surface area contributed by atoms with E-state index in [0.29, 0.717) is 18.5 Å². The summed E-state index contributed by atoms with van der Waals surface area (Å²) in [6.07, 6.45) is 0.0730. The van der Waals surface area contributed by atoms with E-state index in [-0.39, 0.29) is 29.8 Å². The van der Waals surface area contributed by atoms with E-state index in [2.05, 4.69) is 15.0 Å². The Hall–Kier alpha value is -3.53. The Balaban J connectivity index is 2.10. The van der Waals surface area contributed by atoms with Crippen LogP contribution in [-0.2, 0) is 0 Å². The standard InChI is InChI=1S/C19H27N9O/c20-17(21)26-13-6-5-10(9-3-1-2-4-11(9)13)12-7-16(29)15(28-19(24)25)8-14(12)27-18(22)23/h1-6,12,14-16,29H,7-8H2,(H4,20,21,26)(H4,22,23,27)(H4,24,25,28)/t12-,14+,15-,16-/m1/s1. The summed E-state index contributed by atoms with van der Waals surface area (Å²) in [6.45, 7) is 0. The molecule has 0 spiro atoms. The monoisotopic (exact) mass is 397 g/mol. The van der Waals surface area contributed by atoms with Gasteiger partial charge in [0.25, 0.3) is 0 Å². The molecule has 10 heteroatoms. The first-order valence-electron chi connectivity index (χ1n) is 9.23. The van der Waals surface area contributed by atoms with E-state index < -0.39 is 12.1 Å². The second-order valence-electron chi connectivity index (χ2n) is 7.14. The smallest absolute Gasteiger partial charge is 0.191 e. The Labute approximate surface area is 168 Å². The van der Waals surface area contributed by atoms with Crippen LogP contribution >= 0.6 is 0 Å². The van der Waals surface area contributed by atoms with Gasteiger partial charge in [0.15, 0.2) is 17.9 Å². The molecule has 1 fully saturated rings. The lowest BCUT2D eigenvalue weighted by Gasteiger charge is -2.36. The second kappa shape index (κ2) is 8.23. The van der Waals surface area contributed by atoms with Crippen molar-refractivity contribution in [3.8, 4) is 0 Å². The lowest BCUT2D eigenvalue weighted by atomic mass is 9.75. The predicted molar refractivity (Wildman–Crippen MR) is 117 cm³/mol. The minimum Gasteiger partial charge on any atom is -0.391 e. The third-order valence-corrected chi connectivity index (χ3v) is 5.10. The summed E-state index contributed by atoms with van der Waals surface area (Å²) >= 11 is 0.